The lowest BCUT2D eigenvalue weighted by Gasteiger charge is -2.30. The Labute approximate surface area is 665 Å². The average molecular weight is 1630 g/mol. The molecule has 0 radical (unpaired) electrons. The Kier molecular flexibility index (Phi) is 43.6. The molecule has 2 aromatic carbocycles. The smallest absolute Gasteiger partial charge is 0.325 e. The second kappa shape index (κ2) is 49.9. The number of carbonyl (C=O) groups is 17. The largest absolute Gasteiger partial charge is 0.508 e. The Morgan fingerprint density at radius 3 is 1.19 bits per heavy atom. The van der Waals surface area contributed by atoms with Gasteiger partial charge in [0.05, 0.1) is 12.5 Å². The minimum Gasteiger partial charge on any atom is -0.508 e. The first kappa shape index (κ1) is 98.7. The molecule has 0 fully saturated rings. The van der Waals surface area contributed by atoms with Crippen LogP contribution in [0.4, 0.5) is 0 Å². The number of thioether (sulfide) groups is 1. The molecule has 0 bridgehead atoms. The van der Waals surface area contributed by atoms with Crippen LogP contribution in [0.1, 0.15) is 145 Å². The maximum absolute atomic E-state index is 14.6. The Morgan fingerprint density at radius 2 is 0.752 bits per heavy atom. The molecule has 0 aliphatic heterocycles. The van der Waals surface area contributed by atoms with E-state index in [1.54, 1.807) is 47.8 Å². The number of aliphatic carboxylic acids is 2. The van der Waals surface area contributed by atoms with Crippen LogP contribution in [-0.2, 0) is 94.3 Å². The molecule has 15 amide bonds. The molecule has 0 spiro atoms. The summed E-state index contributed by atoms with van der Waals surface area (Å²) in [4.78, 5) is 230. The van der Waals surface area contributed by atoms with Gasteiger partial charge >= 0.3 is 11.9 Å². The Balaban J connectivity index is 2.48. The van der Waals surface area contributed by atoms with Crippen molar-refractivity contribution < 1.29 is 102 Å². The zero-order valence-electron chi connectivity index (χ0n) is 65.5. The third-order valence-electron chi connectivity index (χ3n) is 18.0. The van der Waals surface area contributed by atoms with Crippen molar-refractivity contribution in [3.63, 3.8) is 0 Å². The van der Waals surface area contributed by atoms with E-state index in [0.29, 0.717) is 17.5 Å². The fourth-order valence-corrected chi connectivity index (χ4v) is 11.7. The molecule has 0 aliphatic carbocycles. The van der Waals surface area contributed by atoms with Crippen molar-refractivity contribution in [1.82, 2.24) is 69.1 Å². The molecule has 0 saturated carbocycles. The topological polar surface area (TPSA) is 632 Å². The van der Waals surface area contributed by atoms with Crippen molar-refractivity contribution in [3.8, 4) is 11.5 Å². The van der Waals surface area contributed by atoms with Gasteiger partial charge in [0.2, 0.25) is 88.6 Å². The molecule has 0 aromatic heterocycles. The Bertz CT molecular complexity index is 3600. The van der Waals surface area contributed by atoms with Crippen molar-refractivity contribution in [1.29, 1.82) is 0 Å². The van der Waals surface area contributed by atoms with Gasteiger partial charge in [0.15, 0.2) is 0 Å². The fraction of sp³-hybridized carbons (Fsp3) is 0.603. The van der Waals surface area contributed by atoms with E-state index in [0.717, 1.165) is 0 Å². The van der Waals surface area contributed by atoms with Gasteiger partial charge in [-0.15, -0.1) is 0 Å². The van der Waals surface area contributed by atoms with Crippen LogP contribution in [0.25, 0.3) is 0 Å². The van der Waals surface area contributed by atoms with E-state index >= 15 is 0 Å². The summed E-state index contributed by atoms with van der Waals surface area (Å²) in [6.45, 7) is 15.1. The molecule has 38 nitrogen and oxygen atoms in total. The van der Waals surface area contributed by atoms with Gasteiger partial charge in [-0.3, -0.25) is 81.5 Å². The number of rotatable bonds is 52. The minimum atomic E-state index is -1.83. The maximum Gasteiger partial charge on any atom is 0.325 e. The summed E-state index contributed by atoms with van der Waals surface area (Å²) >= 11 is 5.56. The molecule has 2 rings (SSSR count). The first-order valence-corrected chi connectivity index (χ1v) is 39.1. The van der Waals surface area contributed by atoms with E-state index in [1.807, 2.05) is 0 Å². The van der Waals surface area contributed by atoms with Crippen LogP contribution in [0.15, 0.2) is 48.5 Å². The van der Waals surface area contributed by atoms with Crippen LogP contribution in [0, 0.1) is 23.7 Å². The lowest BCUT2D eigenvalue weighted by Crippen LogP contribution is -2.62. The van der Waals surface area contributed by atoms with Crippen molar-refractivity contribution in [2.45, 2.75) is 231 Å². The molecular formula is C73H115N17O21S2. The minimum absolute atomic E-state index is 0.0676. The van der Waals surface area contributed by atoms with Crippen LogP contribution < -0.4 is 92.1 Å². The molecule has 113 heavy (non-hydrogen) atoms. The number of amides is 15. The van der Waals surface area contributed by atoms with Crippen LogP contribution in [0.5, 0.6) is 11.5 Å². The standard InChI is InChI=1S/C73H115N17O21S2/c1-12-38(8)59(72(109)85-51(33-55(95)96)67(104)87-56(35(2)3)69(106)79-40(10)73(110)111)90-64(101)48(28-30-113-11)81-62(99)46(15-13-14-29-74)80-63(100)47(25-27-54(77)94)82-70(107)57(36(4)5)89-71(108)58(37(6)7)88-66(103)50(32-42-18-22-44(92)23-19-42)84-68(105)52(34-112)86-60(97)39(9)78-65(102)49(31-41-16-20-43(91)21-17-41)83-61(98)45(75)24-26-53(76)93/h16-23,35-40,45-52,56-59,91-92,112H,12-15,24-34,74-75H2,1-11H3,(H2,76,93)(H2,77,94)(H,78,102)(H,79,106)(H,80,100)(H,81,99)(H,82,107)(H,83,98)(H,84,105)(H,85,109)(H,86,97)(H,87,104)(H,88,103)(H,89,108)(H,90,101)(H,95,96)(H,110,111)/t38-,39-,40-,45-,46-,47-,48-,49-,50-,51-,52-,56-,57-,58-,59-/m0/s1. The quantitative estimate of drug-likeness (QED) is 0.0225. The number of carboxylic acid groups (broad SMARTS) is 2. The SMILES string of the molecule is CC[C@H](C)[C@H](NC(=O)[C@H](CCSC)NC(=O)[C@H](CCCCN)NC(=O)[C@H](CCC(N)=O)NC(=O)[C@@H](NC(=O)[C@@H](NC(=O)[C@H](Cc1ccc(O)cc1)NC(=O)[C@H](CS)NC(=O)[C@H](C)NC(=O)[C@H](Cc1ccc(O)cc1)NC(=O)[C@@H](N)CCC(N)=O)C(C)C)C(C)C)C(=O)N[C@@H](CC(=O)O)C(=O)N[C@H](C(=O)N[C@@H](C)C(=O)O)C(C)C. The number of aromatic hydroxyl groups is 2. The number of hydrogen-bond donors (Lipinski definition) is 22. The number of phenols is 2. The molecule has 2 aromatic rings. The number of carboxylic acids is 2. The molecule has 0 aliphatic rings. The van der Waals surface area contributed by atoms with Gasteiger partial charge in [0.25, 0.3) is 0 Å². The van der Waals surface area contributed by atoms with Gasteiger partial charge in [-0.25, -0.2) is 0 Å². The third-order valence-corrected chi connectivity index (χ3v) is 19.0. The van der Waals surface area contributed by atoms with E-state index in [4.69, 9.17) is 22.9 Å². The van der Waals surface area contributed by atoms with E-state index < -0.39 is 228 Å². The monoisotopic (exact) mass is 1630 g/mol. The van der Waals surface area contributed by atoms with Crippen LogP contribution >= 0.6 is 24.4 Å². The summed E-state index contributed by atoms with van der Waals surface area (Å²) in [7, 11) is 0. The van der Waals surface area contributed by atoms with Crippen molar-refractivity contribution in [2.24, 2.45) is 46.6 Å². The number of nitrogens with one attached hydrogen (secondary N) is 13. The highest BCUT2D eigenvalue weighted by molar-refractivity contribution is 7.98. The highest BCUT2D eigenvalue weighted by atomic mass is 32.2. The van der Waals surface area contributed by atoms with E-state index in [9.17, 15) is 102 Å². The molecule has 0 unspecified atom stereocenters. The van der Waals surface area contributed by atoms with Crippen LogP contribution in [-0.4, -0.2) is 230 Å². The maximum atomic E-state index is 14.6. The molecule has 0 saturated heterocycles. The fourth-order valence-electron chi connectivity index (χ4n) is 11.0. The van der Waals surface area contributed by atoms with Crippen molar-refractivity contribution >= 4 is 125 Å². The second-order valence-electron chi connectivity index (χ2n) is 28.5. The highest BCUT2D eigenvalue weighted by Crippen LogP contribution is 2.18. The van der Waals surface area contributed by atoms with Gasteiger partial charge in [-0.2, -0.15) is 24.4 Å². The van der Waals surface area contributed by atoms with Crippen molar-refractivity contribution in [3.05, 3.63) is 59.7 Å². The first-order valence-electron chi connectivity index (χ1n) is 37.1. The van der Waals surface area contributed by atoms with Gasteiger partial charge in [0, 0.05) is 31.4 Å². The number of thiol groups is 1. The third kappa shape index (κ3) is 35.5. The summed E-state index contributed by atoms with van der Waals surface area (Å²) in [6, 6.07) is -9.50. The summed E-state index contributed by atoms with van der Waals surface area (Å²) in [5, 5.41) is 71.8. The Hall–Kier alpha value is -10.3. The predicted octanol–water partition coefficient (Wildman–Crippen LogP) is -3.53. The number of benzene rings is 2. The van der Waals surface area contributed by atoms with Crippen LogP contribution in [0.2, 0.25) is 0 Å². The lowest BCUT2D eigenvalue weighted by molar-refractivity contribution is -0.143. The number of carbonyl (C=O) groups excluding carboxylic acids is 15. The van der Waals surface area contributed by atoms with Gasteiger partial charge in [-0.1, -0.05) is 86.1 Å². The summed E-state index contributed by atoms with van der Waals surface area (Å²) in [6.07, 6.45) is -0.459. The zero-order chi connectivity index (χ0) is 85.7. The van der Waals surface area contributed by atoms with Crippen LogP contribution in [0.3, 0.4) is 0 Å². The summed E-state index contributed by atoms with van der Waals surface area (Å²) < 4.78 is 0. The summed E-state index contributed by atoms with van der Waals surface area (Å²) in [5.74, 6) is -20.2. The second-order valence-corrected chi connectivity index (χ2v) is 29.8. The zero-order valence-corrected chi connectivity index (χ0v) is 67.2. The normalized spacial score (nSPS) is 15.2. The molecule has 25 N–H and O–H groups in total. The summed E-state index contributed by atoms with van der Waals surface area (Å²) in [5.41, 5.74) is 23.4. The van der Waals surface area contributed by atoms with E-state index in [2.05, 4.69) is 81.7 Å². The average Bonchev–Trinajstić information content (AvgIpc) is 0.850. The lowest BCUT2D eigenvalue weighted by atomic mass is 9.96. The molecule has 15 atom stereocenters. The molecule has 630 valence electrons. The highest BCUT2D eigenvalue weighted by Gasteiger charge is 2.40. The first-order chi connectivity index (χ1) is 53.0. The number of nitrogens with two attached hydrogens (primary N) is 4. The molecule has 0 heterocycles. The predicted molar refractivity (Wildman–Crippen MR) is 419 cm³/mol. The van der Waals surface area contributed by atoms with E-state index in [-0.39, 0.29) is 80.9 Å². The molecular weight excluding hydrogens is 1520 g/mol. The number of hydrogen-bond acceptors (Lipinski definition) is 23. The Morgan fingerprint density at radius 1 is 0.407 bits per heavy atom. The number of primary amides is 2. The molecule has 40 heteroatoms. The van der Waals surface area contributed by atoms with Gasteiger partial charge in [0.1, 0.15) is 90.0 Å². The number of phenolic OH excluding ortho intramolecular Hbond substituents is 2. The van der Waals surface area contributed by atoms with Gasteiger partial charge in [-0.05, 0) is 130 Å². The van der Waals surface area contributed by atoms with Crippen molar-refractivity contribution in [2.75, 3.05) is 24.3 Å². The van der Waals surface area contributed by atoms with Gasteiger partial charge < -0.3 is 112 Å². The number of unbranched alkanes of at least 4 members (excludes halogenated alkanes) is 1. The van der Waals surface area contributed by atoms with E-state index in [1.165, 1.54) is 88.0 Å².